The van der Waals surface area contributed by atoms with Gasteiger partial charge in [0.15, 0.2) is 5.96 Å². The number of fused-ring (bicyclic) bond motifs is 5. The molecule has 5 aliphatic heterocycles. The molecule has 17 amide bonds. The van der Waals surface area contributed by atoms with Crippen molar-refractivity contribution in [2.75, 3.05) is 71.5 Å². The van der Waals surface area contributed by atoms with Crippen LogP contribution in [-0.4, -0.2) is 331 Å². The van der Waals surface area contributed by atoms with Gasteiger partial charge in [0.1, 0.15) is 90.3 Å². The number of aliphatic hydroxyl groups is 2. The van der Waals surface area contributed by atoms with Crippen LogP contribution >= 0.6 is 11.8 Å². The minimum Gasteiger partial charge on any atom is -0.508 e. The van der Waals surface area contributed by atoms with E-state index in [1.807, 2.05) is 0 Å². The molecule has 7 heterocycles. The first-order chi connectivity index (χ1) is 66.8. The van der Waals surface area contributed by atoms with E-state index >= 15 is 43.2 Å². The molecule has 0 saturated carbocycles. The van der Waals surface area contributed by atoms with Gasteiger partial charge >= 0.3 is 0 Å². The molecule has 44 nitrogen and oxygen atoms in total. The number of hydrogen-bond donors (Lipinski definition) is 20. The molecule has 0 aliphatic carbocycles. The van der Waals surface area contributed by atoms with Gasteiger partial charge in [0, 0.05) is 131 Å². The Hall–Kier alpha value is -14.1. The highest BCUT2D eigenvalue weighted by atomic mass is 32.2. The lowest BCUT2D eigenvalue weighted by molar-refractivity contribution is -0.149. The van der Waals surface area contributed by atoms with Crippen molar-refractivity contribution in [2.24, 2.45) is 28.1 Å². The van der Waals surface area contributed by atoms with E-state index in [0.29, 0.717) is 56.9 Å². The normalized spacial score (nSPS) is 25.6. The van der Waals surface area contributed by atoms with Crippen LogP contribution in [0.25, 0.3) is 21.8 Å². The molecule has 45 heteroatoms. The second-order valence-electron chi connectivity index (χ2n) is 36.0. The molecule has 140 heavy (non-hydrogen) atoms. The number of phenolic OH excluding ortho intramolecular Hbond substituents is 1. The van der Waals surface area contributed by atoms with Crippen molar-refractivity contribution in [1.82, 2.24) is 93.0 Å². The van der Waals surface area contributed by atoms with Crippen LogP contribution in [0.3, 0.4) is 0 Å². The van der Waals surface area contributed by atoms with Crippen molar-refractivity contribution < 1.29 is 102 Å². The van der Waals surface area contributed by atoms with Crippen LogP contribution in [0.5, 0.6) is 5.75 Å². The van der Waals surface area contributed by atoms with Gasteiger partial charge < -0.3 is 130 Å². The summed E-state index contributed by atoms with van der Waals surface area (Å²) >= 11 is 0.749. The Kier molecular flexibility index (Phi) is 39.7. The van der Waals surface area contributed by atoms with E-state index in [1.165, 1.54) is 62.5 Å². The Labute approximate surface area is 813 Å². The minimum absolute atomic E-state index is 0.00390. The van der Waals surface area contributed by atoms with Crippen molar-refractivity contribution in [3.05, 3.63) is 139 Å². The number of para-hydroxylation sites is 2. The van der Waals surface area contributed by atoms with Crippen molar-refractivity contribution >= 4 is 146 Å². The number of ether oxygens (including phenoxy) is 1. The van der Waals surface area contributed by atoms with Crippen LogP contribution in [0, 0.1) is 11.3 Å². The molecule has 0 unspecified atom stereocenters. The van der Waals surface area contributed by atoms with Gasteiger partial charge in [0.2, 0.25) is 100 Å². The molecule has 0 radical (unpaired) electrons. The first kappa shape index (κ1) is 108. The summed E-state index contributed by atoms with van der Waals surface area (Å²) in [5, 5.41) is 71.4. The molecule has 4 fully saturated rings. The fourth-order valence-corrected chi connectivity index (χ4v) is 18.6. The average molecular weight is 1960 g/mol. The molecule has 2 aromatic heterocycles. The van der Waals surface area contributed by atoms with Crippen LogP contribution in [0.15, 0.2) is 127 Å². The fourth-order valence-electron chi connectivity index (χ4n) is 17.7. The lowest BCUT2D eigenvalue weighted by Gasteiger charge is -2.35. The third kappa shape index (κ3) is 29.7. The highest BCUT2D eigenvalue weighted by Gasteiger charge is 2.49. The number of allylic oxidation sites excluding steroid dienone is 1. The minimum atomic E-state index is -1.92. The summed E-state index contributed by atoms with van der Waals surface area (Å²) in [4.78, 5) is 268. The molecule has 16 atom stereocenters. The number of amides is 17. The van der Waals surface area contributed by atoms with Crippen molar-refractivity contribution in [3.63, 3.8) is 0 Å². The summed E-state index contributed by atoms with van der Waals surface area (Å²) in [6.07, 6.45) is 5.75. The summed E-state index contributed by atoms with van der Waals surface area (Å²) in [6.45, 7) is 9.57. The second-order valence-corrected chi connectivity index (χ2v) is 37.1. The summed E-state index contributed by atoms with van der Waals surface area (Å²) in [5.74, 6) is -18.3. The van der Waals surface area contributed by atoms with Gasteiger partial charge in [-0.05, 0) is 117 Å². The number of nitrogens with one attached hydrogen (secondary N) is 14. The summed E-state index contributed by atoms with van der Waals surface area (Å²) in [7, 11) is 2.54. The number of aromatic hydroxyl groups is 1. The van der Waals surface area contributed by atoms with Gasteiger partial charge in [-0.2, -0.15) is 0 Å². The van der Waals surface area contributed by atoms with Gasteiger partial charge in [-0.1, -0.05) is 81.0 Å². The molecular weight excluding hydrogens is 1830 g/mol. The van der Waals surface area contributed by atoms with E-state index < -0.39 is 247 Å². The van der Waals surface area contributed by atoms with Crippen LogP contribution in [0.4, 0.5) is 0 Å². The summed E-state index contributed by atoms with van der Waals surface area (Å²) in [6, 6.07) is -2.59. The number of carbonyl (C=O) groups excluding carboxylic acids is 17. The molecule has 10 rings (SSSR count). The number of carbonyl (C=O) groups is 17. The molecule has 0 bridgehead atoms. The quantitative estimate of drug-likeness (QED) is 0.0107. The summed E-state index contributed by atoms with van der Waals surface area (Å²) in [5.41, 5.74) is 20.0. The molecule has 756 valence electrons. The number of benzene rings is 3. The Balaban J connectivity index is 1.03. The lowest BCUT2D eigenvalue weighted by Crippen LogP contribution is -2.61. The average Bonchev–Trinajstić information content (AvgIpc) is 1.63. The number of phenols is 1. The molecular formula is C95H129N23O21S. The monoisotopic (exact) mass is 1960 g/mol. The zero-order chi connectivity index (χ0) is 102. The highest BCUT2D eigenvalue weighted by Crippen LogP contribution is 2.31. The maximum atomic E-state index is 16.0. The zero-order valence-electron chi connectivity index (χ0n) is 79.0. The second kappa shape index (κ2) is 51.5. The largest absolute Gasteiger partial charge is 0.508 e. The molecule has 3 aromatic carbocycles. The Morgan fingerprint density at radius 2 is 1.16 bits per heavy atom. The number of H-pyrrole nitrogens is 2. The number of thioether (sulfide) groups is 1. The highest BCUT2D eigenvalue weighted by molar-refractivity contribution is 8.00. The fraction of sp³-hybridized carbons (Fsp3) is 0.505. The zero-order valence-corrected chi connectivity index (χ0v) is 79.8. The van der Waals surface area contributed by atoms with Crippen LogP contribution in [0.2, 0.25) is 0 Å². The predicted octanol–water partition coefficient (Wildman–Crippen LogP) is -2.44. The third-order valence-electron chi connectivity index (χ3n) is 25.2. The number of guanidine groups is 1. The van der Waals surface area contributed by atoms with E-state index in [1.54, 1.807) is 87.1 Å². The van der Waals surface area contributed by atoms with Gasteiger partial charge in [-0.15, -0.1) is 24.9 Å². The van der Waals surface area contributed by atoms with Crippen LogP contribution in [-0.2, 0) is 106 Å². The van der Waals surface area contributed by atoms with Crippen LogP contribution in [0.1, 0.15) is 127 Å². The number of aliphatic hydroxyl groups excluding tert-OH is 2. The maximum Gasteiger partial charge on any atom is 0.246 e. The number of primary amides is 2. The molecule has 4 saturated heterocycles. The molecule has 5 aliphatic rings. The Morgan fingerprint density at radius 3 is 1.77 bits per heavy atom. The number of aromatic amines is 2. The number of hydrogen-bond acceptors (Lipinski definition) is 24. The number of likely N-dealkylation sites (N-methyl/N-ethyl adjacent to an activating group) is 2. The molecule has 5 aromatic rings. The van der Waals surface area contributed by atoms with Crippen molar-refractivity contribution in [3.8, 4) is 5.75 Å². The van der Waals surface area contributed by atoms with E-state index in [4.69, 9.17) is 27.3 Å². The maximum absolute atomic E-state index is 16.0. The Morgan fingerprint density at radius 1 is 0.593 bits per heavy atom. The SMILES string of the molecule is C=CCCCC[C@H]1C(=O)N2C[C@@H](OCC=C)C[C@H]2C(=O)N[C@@H](CCCNC(=N)N)C(=O)N[C@H](C(=O)NCC(N)=O)CSCC(=O)N[C@@H](Cc2ccc(O)cc2)C(=O)N(C)[C@@H](C)C(=O)N[C@@H](CC(N)=O)C(=O)N2CCC[C@H]2C(=O)N[C@@H](CC2=CN=CC2)C(=O)N[C@@H](CC(C)C)C(=O)N2C[C@H](O)C[C@H]2C(=O)N[C@@H](Cc2c[nH]c3ccccc23)C(=O)N[C@@H](CO)C(=O)N[C@@H](Cc2c[nH]c3ccccc23)C(=O)N1C. The number of rotatable bonds is 28. The molecule has 23 N–H and O–H groups in total. The number of aliphatic imine (C=N–C) groups is 1. The standard InChI is InChI=1S/C95H129N23O21S/c1-8-10-11-12-24-75-94(138)118-48-60(139-34-9-2)41-77(118)89(133)106-65(23-17-31-101-95(98)99)83(127)113-73(82(126)104-46-79(97)123)50-140-51-80(124)105-69(36-54-26-28-58(120)29-27-54)90(134)114(6)53(5)81(125)109-71(42-78(96)122)92(136)116-33-18-25-74(116)87(131)107-66(37-55-30-32-100-43-55)84(128)110-68(35-52(3)4)93(137)117-47-59(121)40-76(117)88(132)108-67(38-56-44-102-63-21-15-13-19-61(56)63)85(129)112-72(49-119)86(130)111-70(91(135)115(75)7)39-57-45-103-64-22-16-14-20-62(57)64/h8-9,13-16,19-22,26-29,32,43-45,52-53,59-60,65-77,102-103,119-121H,1-2,10-12,17-18,23-25,30-31,33-42,46-51H2,3-7H3,(H2,96,122)(H2,97,123)(H,104,126)(H,105,124)(H,106,133)(H,107,131)(H,108,132)(H,109,125)(H,110,128)(H,111,130)(H,112,129)(H,113,127)(H4,98,99,101)/t53-,59+,60-,65-,66-,67-,68-,69-,70-,71-,72-,73-,74-,75-,76-,77-/m0/s1. The van der Waals surface area contributed by atoms with Gasteiger partial charge in [0.25, 0.3) is 0 Å². The van der Waals surface area contributed by atoms with Gasteiger partial charge in [-0.25, -0.2) is 0 Å². The van der Waals surface area contributed by atoms with Crippen molar-refractivity contribution in [2.45, 2.75) is 227 Å². The summed E-state index contributed by atoms with van der Waals surface area (Å²) < 4.78 is 6.14. The van der Waals surface area contributed by atoms with E-state index in [-0.39, 0.29) is 121 Å². The predicted molar refractivity (Wildman–Crippen MR) is 516 cm³/mol. The smallest absolute Gasteiger partial charge is 0.246 e. The third-order valence-corrected chi connectivity index (χ3v) is 26.2. The number of nitrogens with two attached hydrogens (primary N) is 3. The van der Waals surface area contributed by atoms with E-state index in [0.717, 1.165) is 31.4 Å². The first-order valence-electron chi connectivity index (χ1n) is 46.7. The van der Waals surface area contributed by atoms with Crippen LogP contribution < -0.4 is 75.7 Å². The number of aromatic nitrogens is 2. The topological polar surface area (TPSA) is 654 Å². The van der Waals surface area contributed by atoms with Gasteiger partial charge in [0.05, 0.1) is 44.1 Å². The van der Waals surface area contributed by atoms with Crippen molar-refractivity contribution in [1.29, 1.82) is 5.41 Å². The van der Waals surface area contributed by atoms with E-state index in [2.05, 4.69) is 86.6 Å². The first-order valence-corrected chi connectivity index (χ1v) is 47.9. The number of unbranched alkanes of at least 4 members (excludes halogenated alkanes) is 2. The molecule has 0 spiro atoms. The lowest BCUT2D eigenvalue weighted by atomic mass is 9.99. The number of nitrogens with zero attached hydrogens (tertiary/aromatic N) is 6. The van der Waals surface area contributed by atoms with Gasteiger partial charge in [-0.3, -0.25) is 91.9 Å². The Bertz CT molecular complexity index is 5430. The van der Waals surface area contributed by atoms with E-state index in [9.17, 15) is 53.7 Å².